The topological polar surface area (TPSA) is 63.7 Å². The summed E-state index contributed by atoms with van der Waals surface area (Å²) in [6.45, 7) is 2.65. The van der Waals surface area contributed by atoms with Crippen LogP contribution in [0.5, 0.6) is 0 Å². The van der Waals surface area contributed by atoms with Gasteiger partial charge in [-0.2, -0.15) is 0 Å². The Kier molecular flexibility index (Phi) is 5.39. The standard InChI is InChI=1S/C11H21NO4S/c1-3-4-6-16-11(13)8-12(2)10-5-7-17(14,15)9-10/h10H,3-9H2,1-2H3. The molecule has 1 rings (SSSR count). The average molecular weight is 263 g/mol. The highest BCUT2D eigenvalue weighted by Crippen LogP contribution is 2.16. The van der Waals surface area contributed by atoms with E-state index in [1.165, 1.54) is 0 Å². The molecule has 0 amide bonds. The summed E-state index contributed by atoms with van der Waals surface area (Å²) in [6, 6.07) is -0.0428. The van der Waals surface area contributed by atoms with Gasteiger partial charge in [0.1, 0.15) is 0 Å². The van der Waals surface area contributed by atoms with Crippen molar-refractivity contribution >= 4 is 15.8 Å². The van der Waals surface area contributed by atoms with Gasteiger partial charge in [-0.25, -0.2) is 8.42 Å². The molecule has 1 unspecified atom stereocenters. The molecule has 0 bridgehead atoms. The van der Waals surface area contributed by atoms with E-state index in [1.54, 1.807) is 11.9 Å². The summed E-state index contributed by atoms with van der Waals surface area (Å²) in [5.74, 6) is 0.115. The van der Waals surface area contributed by atoms with Crippen LogP contribution >= 0.6 is 0 Å². The molecule has 0 aliphatic carbocycles. The molecule has 0 aromatic rings. The van der Waals surface area contributed by atoms with E-state index in [0.717, 1.165) is 12.8 Å². The van der Waals surface area contributed by atoms with E-state index in [0.29, 0.717) is 13.0 Å². The Balaban J connectivity index is 2.29. The van der Waals surface area contributed by atoms with Crippen molar-refractivity contribution in [3.05, 3.63) is 0 Å². The highest BCUT2D eigenvalue weighted by Gasteiger charge is 2.31. The van der Waals surface area contributed by atoms with Crippen molar-refractivity contribution in [2.24, 2.45) is 0 Å². The van der Waals surface area contributed by atoms with E-state index in [9.17, 15) is 13.2 Å². The average Bonchev–Trinajstić information content (AvgIpc) is 2.59. The van der Waals surface area contributed by atoms with Crippen molar-refractivity contribution in [1.29, 1.82) is 0 Å². The van der Waals surface area contributed by atoms with Gasteiger partial charge < -0.3 is 4.74 Å². The predicted molar refractivity (Wildman–Crippen MR) is 65.6 cm³/mol. The number of hydrogen-bond acceptors (Lipinski definition) is 5. The fourth-order valence-electron chi connectivity index (χ4n) is 1.83. The molecule has 0 spiro atoms. The molecule has 0 N–H and O–H groups in total. The van der Waals surface area contributed by atoms with Crippen LogP contribution in [0.15, 0.2) is 0 Å². The zero-order chi connectivity index (χ0) is 12.9. The van der Waals surface area contributed by atoms with Gasteiger partial charge in [0.15, 0.2) is 9.84 Å². The maximum Gasteiger partial charge on any atom is 0.320 e. The van der Waals surface area contributed by atoms with Crippen LogP contribution in [0.4, 0.5) is 0 Å². The molecule has 0 aromatic heterocycles. The van der Waals surface area contributed by atoms with Crippen LogP contribution in [-0.4, -0.2) is 57.0 Å². The van der Waals surface area contributed by atoms with Gasteiger partial charge in [0.2, 0.25) is 0 Å². The third-order valence-electron chi connectivity index (χ3n) is 2.97. The first kappa shape index (κ1) is 14.4. The maximum atomic E-state index is 11.4. The number of carbonyl (C=O) groups excluding carboxylic acids is 1. The third kappa shape index (κ3) is 5.04. The predicted octanol–water partition coefficient (Wildman–Crippen LogP) is 0.449. The summed E-state index contributed by atoms with van der Waals surface area (Å²) in [7, 11) is -1.12. The minimum absolute atomic E-state index is 0.0428. The highest BCUT2D eigenvalue weighted by atomic mass is 32.2. The SMILES string of the molecule is CCCCOC(=O)CN(C)C1CCS(=O)(=O)C1. The molecule has 1 aliphatic rings. The first-order valence-electron chi connectivity index (χ1n) is 6.01. The largest absolute Gasteiger partial charge is 0.465 e. The lowest BCUT2D eigenvalue weighted by Gasteiger charge is -2.21. The van der Waals surface area contributed by atoms with Crippen LogP contribution in [0.1, 0.15) is 26.2 Å². The molecule has 5 nitrogen and oxygen atoms in total. The Morgan fingerprint density at radius 2 is 2.18 bits per heavy atom. The zero-order valence-corrected chi connectivity index (χ0v) is 11.3. The molecular formula is C11H21NO4S. The quantitative estimate of drug-likeness (QED) is 0.514. The van der Waals surface area contributed by atoms with Crippen LogP contribution in [0.3, 0.4) is 0 Å². The molecule has 17 heavy (non-hydrogen) atoms. The third-order valence-corrected chi connectivity index (χ3v) is 4.72. The van der Waals surface area contributed by atoms with E-state index in [4.69, 9.17) is 4.74 Å². The van der Waals surface area contributed by atoms with E-state index in [1.807, 2.05) is 6.92 Å². The lowest BCUT2D eigenvalue weighted by molar-refractivity contribution is -0.145. The molecule has 0 radical (unpaired) electrons. The summed E-state index contributed by atoms with van der Waals surface area (Å²) in [5, 5.41) is 0. The lowest BCUT2D eigenvalue weighted by atomic mass is 10.2. The van der Waals surface area contributed by atoms with Crippen LogP contribution in [-0.2, 0) is 19.4 Å². The van der Waals surface area contributed by atoms with Gasteiger partial charge in [-0.1, -0.05) is 13.3 Å². The molecule has 1 saturated heterocycles. The van der Waals surface area contributed by atoms with Gasteiger partial charge in [-0.3, -0.25) is 9.69 Å². The Hall–Kier alpha value is -0.620. The summed E-state index contributed by atoms with van der Waals surface area (Å²) in [6.07, 6.45) is 2.47. The summed E-state index contributed by atoms with van der Waals surface area (Å²) >= 11 is 0. The lowest BCUT2D eigenvalue weighted by Crippen LogP contribution is -2.37. The number of esters is 1. The number of carbonyl (C=O) groups is 1. The van der Waals surface area contributed by atoms with Crippen LogP contribution < -0.4 is 0 Å². The summed E-state index contributed by atoms with van der Waals surface area (Å²) < 4.78 is 27.6. The van der Waals surface area contributed by atoms with E-state index >= 15 is 0 Å². The van der Waals surface area contributed by atoms with Gasteiger partial charge in [0, 0.05) is 6.04 Å². The van der Waals surface area contributed by atoms with Crippen molar-refractivity contribution in [2.75, 3.05) is 31.7 Å². The van der Waals surface area contributed by atoms with Crippen LogP contribution in [0.2, 0.25) is 0 Å². The van der Waals surface area contributed by atoms with Gasteiger partial charge in [0.05, 0.1) is 24.7 Å². The van der Waals surface area contributed by atoms with Crippen molar-refractivity contribution in [2.45, 2.75) is 32.2 Å². The maximum absolute atomic E-state index is 11.4. The van der Waals surface area contributed by atoms with Crippen LogP contribution in [0.25, 0.3) is 0 Å². The molecular weight excluding hydrogens is 242 g/mol. The number of nitrogens with zero attached hydrogens (tertiary/aromatic N) is 1. The smallest absolute Gasteiger partial charge is 0.320 e. The first-order chi connectivity index (χ1) is 7.94. The van der Waals surface area contributed by atoms with Crippen molar-refractivity contribution in [3.63, 3.8) is 0 Å². The Labute approximate surface area is 103 Å². The van der Waals surface area contributed by atoms with Crippen molar-refractivity contribution in [1.82, 2.24) is 4.90 Å². The summed E-state index contributed by atoms with van der Waals surface area (Å²) in [5.41, 5.74) is 0. The second-order valence-corrected chi connectivity index (χ2v) is 6.77. The Morgan fingerprint density at radius 1 is 1.47 bits per heavy atom. The number of ether oxygens (including phenoxy) is 1. The fourth-order valence-corrected chi connectivity index (χ4v) is 3.64. The van der Waals surface area contributed by atoms with E-state index < -0.39 is 9.84 Å². The second kappa shape index (κ2) is 6.35. The second-order valence-electron chi connectivity index (χ2n) is 4.55. The van der Waals surface area contributed by atoms with Gasteiger partial charge in [0.25, 0.3) is 0 Å². The van der Waals surface area contributed by atoms with Gasteiger partial charge in [-0.15, -0.1) is 0 Å². The molecule has 100 valence electrons. The number of likely N-dealkylation sites (N-methyl/N-ethyl adjacent to an activating group) is 1. The zero-order valence-electron chi connectivity index (χ0n) is 10.5. The monoisotopic (exact) mass is 263 g/mol. The number of sulfone groups is 1. The van der Waals surface area contributed by atoms with Gasteiger partial charge >= 0.3 is 5.97 Å². The Morgan fingerprint density at radius 3 is 2.71 bits per heavy atom. The van der Waals surface area contributed by atoms with Crippen molar-refractivity contribution in [3.8, 4) is 0 Å². The minimum Gasteiger partial charge on any atom is -0.465 e. The molecule has 0 aromatic carbocycles. The molecule has 0 saturated carbocycles. The van der Waals surface area contributed by atoms with Crippen molar-refractivity contribution < 1.29 is 17.9 Å². The molecule has 1 fully saturated rings. The molecule has 1 aliphatic heterocycles. The number of hydrogen-bond donors (Lipinski definition) is 0. The van der Waals surface area contributed by atoms with E-state index in [2.05, 4.69) is 0 Å². The highest BCUT2D eigenvalue weighted by molar-refractivity contribution is 7.91. The molecule has 1 heterocycles. The number of rotatable bonds is 6. The molecule has 6 heteroatoms. The first-order valence-corrected chi connectivity index (χ1v) is 7.83. The molecule has 1 atom stereocenters. The minimum atomic E-state index is -2.89. The summed E-state index contributed by atoms with van der Waals surface area (Å²) in [4.78, 5) is 13.2. The van der Waals surface area contributed by atoms with Crippen LogP contribution in [0, 0.1) is 0 Å². The number of unbranched alkanes of at least 4 members (excludes halogenated alkanes) is 1. The fraction of sp³-hybridized carbons (Fsp3) is 0.909. The Bertz CT molecular complexity index is 352. The van der Waals surface area contributed by atoms with E-state index in [-0.39, 0.29) is 30.1 Å². The van der Waals surface area contributed by atoms with Gasteiger partial charge in [-0.05, 0) is 19.9 Å². The normalized spacial score (nSPS) is 22.9.